The van der Waals surface area contributed by atoms with Crippen LogP contribution in [0.3, 0.4) is 0 Å². The molecule has 5 rings (SSSR count). The molecule has 0 spiro atoms. The molecule has 4 aromatic rings. The highest BCUT2D eigenvalue weighted by atomic mass is 19.4. The molecule has 1 aliphatic carbocycles. The van der Waals surface area contributed by atoms with E-state index in [1.165, 1.54) is 0 Å². The molecule has 39 heavy (non-hydrogen) atoms. The molecule has 11 heteroatoms. The first kappa shape index (κ1) is 26.4. The van der Waals surface area contributed by atoms with Crippen molar-refractivity contribution in [2.45, 2.75) is 50.5 Å². The van der Waals surface area contributed by atoms with E-state index in [2.05, 4.69) is 20.3 Å². The molecule has 0 atom stereocenters. The molecule has 0 unspecified atom stereocenters. The number of aryl methyl sites for hydroxylation is 1. The predicted molar refractivity (Wildman–Crippen MR) is 137 cm³/mol. The number of carbonyl (C=O) groups is 1. The van der Waals surface area contributed by atoms with Crippen LogP contribution in [0, 0.1) is 6.92 Å². The first-order chi connectivity index (χ1) is 18.6. The molecule has 2 aromatic heterocycles. The lowest BCUT2D eigenvalue weighted by atomic mass is 9.81. The minimum absolute atomic E-state index is 0.174. The molecule has 1 fully saturated rings. The van der Waals surface area contributed by atoms with Crippen LogP contribution < -0.4 is 5.32 Å². The van der Waals surface area contributed by atoms with E-state index in [1.807, 2.05) is 19.1 Å². The number of imidazole rings is 1. The Labute approximate surface area is 222 Å². The summed E-state index contributed by atoms with van der Waals surface area (Å²) in [6.45, 7) is 1.85. The molecule has 8 nitrogen and oxygen atoms in total. The third-order valence-corrected chi connectivity index (χ3v) is 6.66. The quantitative estimate of drug-likeness (QED) is 0.303. The number of nitrogens with zero attached hydrogens (tertiary/aromatic N) is 4. The van der Waals surface area contributed by atoms with E-state index in [1.54, 1.807) is 53.5 Å². The van der Waals surface area contributed by atoms with Crippen molar-refractivity contribution in [1.29, 1.82) is 0 Å². The Morgan fingerprint density at radius 3 is 2.56 bits per heavy atom. The average Bonchev–Trinajstić information content (AvgIpc) is 3.42. The van der Waals surface area contributed by atoms with Crippen LogP contribution in [-0.2, 0) is 16.5 Å². The lowest BCUT2D eigenvalue weighted by Gasteiger charge is -2.34. The third-order valence-electron chi connectivity index (χ3n) is 6.66. The van der Waals surface area contributed by atoms with Gasteiger partial charge in [0.05, 0.1) is 17.6 Å². The lowest BCUT2D eigenvalue weighted by Crippen LogP contribution is -2.35. The summed E-state index contributed by atoms with van der Waals surface area (Å²) in [4.78, 5) is 24.3. The van der Waals surface area contributed by atoms with Gasteiger partial charge in [0, 0.05) is 23.8 Å². The average molecular weight is 538 g/mol. The van der Waals surface area contributed by atoms with Crippen molar-refractivity contribution in [2.75, 3.05) is 5.32 Å². The largest absolute Gasteiger partial charge is 0.459 e. The molecule has 0 amide bonds. The lowest BCUT2D eigenvalue weighted by molar-refractivity contribution is -0.141. The van der Waals surface area contributed by atoms with Crippen LogP contribution in [0.2, 0.25) is 0 Å². The summed E-state index contributed by atoms with van der Waals surface area (Å²) < 4.78 is 46.4. The minimum atomic E-state index is -4.58. The molecule has 2 aromatic carbocycles. The number of hydrogen-bond acceptors (Lipinski definition) is 7. The maximum atomic E-state index is 13.0. The van der Waals surface area contributed by atoms with Crippen molar-refractivity contribution in [2.24, 2.45) is 0 Å². The number of aromatic nitrogens is 4. The van der Waals surface area contributed by atoms with Crippen LogP contribution >= 0.6 is 0 Å². The summed E-state index contributed by atoms with van der Waals surface area (Å²) in [5.74, 6) is -0.554. The molecule has 1 aliphatic rings. The van der Waals surface area contributed by atoms with Crippen LogP contribution in [0.15, 0.2) is 73.3 Å². The summed E-state index contributed by atoms with van der Waals surface area (Å²) in [5, 5.41) is 14.2. The standard InChI is InChI=1S/C28H26F3N5O3/c1-18-13-20(34-26-32-12-9-23(35-26)28(29,30)31)15-21(14-18)36-16-24(33-17-36)27(38)10-7-22(8-11-27)39-25(37)19-5-3-2-4-6-19/h2-6,9,12-17,22,38H,7-8,10-11H2,1H3,(H,32,34,35)/t22-,27-. The van der Waals surface area contributed by atoms with E-state index in [9.17, 15) is 23.1 Å². The monoisotopic (exact) mass is 537 g/mol. The number of rotatable bonds is 6. The van der Waals surface area contributed by atoms with Gasteiger partial charge in [-0.05, 0) is 74.6 Å². The van der Waals surface area contributed by atoms with Gasteiger partial charge in [0.2, 0.25) is 5.95 Å². The topological polar surface area (TPSA) is 102 Å². The van der Waals surface area contributed by atoms with Crippen LogP contribution in [0.5, 0.6) is 0 Å². The summed E-state index contributed by atoms with van der Waals surface area (Å²) >= 11 is 0. The fraction of sp³-hybridized carbons (Fsp3) is 0.286. The molecular formula is C28H26F3N5O3. The zero-order valence-electron chi connectivity index (χ0n) is 21.0. The number of esters is 1. The summed E-state index contributed by atoms with van der Waals surface area (Å²) in [6.07, 6.45) is 1.25. The molecule has 2 N–H and O–H groups in total. The van der Waals surface area contributed by atoms with Crippen molar-refractivity contribution in [3.63, 3.8) is 0 Å². The number of halogens is 3. The SMILES string of the molecule is Cc1cc(Nc2nccc(C(F)(F)F)n2)cc(-n2cnc([C@]3(O)CC[C@H](OC(=O)c4ccccc4)CC3)c2)c1. The number of carbonyl (C=O) groups excluding carboxylic acids is 1. The number of anilines is 2. The minimum Gasteiger partial charge on any atom is -0.459 e. The Bertz CT molecular complexity index is 1460. The van der Waals surface area contributed by atoms with E-state index in [0.29, 0.717) is 48.3 Å². The highest BCUT2D eigenvalue weighted by Gasteiger charge is 2.38. The van der Waals surface area contributed by atoms with Gasteiger partial charge < -0.3 is 19.7 Å². The van der Waals surface area contributed by atoms with Crippen molar-refractivity contribution in [3.8, 4) is 5.69 Å². The first-order valence-electron chi connectivity index (χ1n) is 12.4. The van der Waals surface area contributed by atoms with Crippen LogP contribution in [0.25, 0.3) is 5.69 Å². The van der Waals surface area contributed by atoms with Crippen molar-refractivity contribution >= 4 is 17.6 Å². The van der Waals surface area contributed by atoms with E-state index < -0.39 is 17.5 Å². The molecule has 0 saturated heterocycles. The van der Waals surface area contributed by atoms with E-state index >= 15 is 0 Å². The molecule has 0 aliphatic heterocycles. The Morgan fingerprint density at radius 1 is 1.10 bits per heavy atom. The van der Waals surface area contributed by atoms with Crippen molar-refractivity contribution in [3.05, 3.63) is 95.8 Å². The van der Waals surface area contributed by atoms with Gasteiger partial charge in [-0.25, -0.2) is 19.7 Å². The summed E-state index contributed by atoms with van der Waals surface area (Å²) in [7, 11) is 0. The Hall–Kier alpha value is -4.25. The number of aliphatic hydroxyl groups is 1. The van der Waals surface area contributed by atoms with Gasteiger partial charge in [-0.2, -0.15) is 13.2 Å². The third kappa shape index (κ3) is 6.09. The molecule has 2 heterocycles. The van der Waals surface area contributed by atoms with Gasteiger partial charge in [0.15, 0.2) is 0 Å². The molecule has 202 valence electrons. The molecule has 1 saturated carbocycles. The summed E-state index contributed by atoms with van der Waals surface area (Å²) in [5.41, 5.74) is 0.812. The predicted octanol–water partition coefficient (Wildman–Crippen LogP) is 5.72. The Balaban J connectivity index is 1.27. The van der Waals surface area contributed by atoms with Gasteiger partial charge >= 0.3 is 12.1 Å². The van der Waals surface area contributed by atoms with E-state index in [0.717, 1.165) is 17.8 Å². The Morgan fingerprint density at radius 2 is 1.85 bits per heavy atom. The highest BCUT2D eigenvalue weighted by molar-refractivity contribution is 5.89. The Kier molecular flexibility index (Phi) is 7.09. The normalized spacial score (nSPS) is 19.5. The fourth-order valence-electron chi connectivity index (χ4n) is 4.63. The number of nitrogens with one attached hydrogen (secondary N) is 1. The van der Waals surface area contributed by atoms with Gasteiger partial charge in [-0.3, -0.25) is 0 Å². The molecule has 0 bridgehead atoms. The molecular weight excluding hydrogens is 511 g/mol. The number of alkyl halides is 3. The number of benzene rings is 2. The van der Waals surface area contributed by atoms with E-state index in [-0.39, 0.29) is 18.0 Å². The van der Waals surface area contributed by atoms with Crippen LogP contribution in [0.1, 0.15) is 53.0 Å². The van der Waals surface area contributed by atoms with E-state index in [4.69, 9.17) is 4.74 Å². The van der Waals surface area contributed by atoms with Gasteiger partial charge in [0.25, 0.3) is 0 Å². The van der Waals surface area contributed by atoms with Gasteiger partial charge in [0.1, 0.15) is 17.4 Å². The second-order valence-corrected chi connectivity index (χ2v) is 9.61. The fourth-order valence-corrected chi connectivity index (χ4v) is 4.63. The van der Waals surface area contributed by atoms with Crippen LogP contribution in [0.4, 0.5) is 24.8 Å². The number of ether oxygens (including phenoxy) is 1. The van der Waals surface area contributed by atoms with Crippen LogP contribution in [-0.4, -0.2) is 36.7 Å². The maximum Gasteiger partial charge on any atom is 0.433 e. The zero-order valence-corrected chi connectivity index (χ0v) is 21.0. The zero-order chi connectivity index (χ0) is 27.6. The first-order valence-corrected chi connectivity index (χ1v) is 12.4. The second kappa shape index (κ2) is 10.5. The number of hydrogen-bond donors (Lipinski definition) is 2. The van der Waals surface area contributed by atoms with Gasteiger partial charge in [-0.1, -0.05) is 18.2 Å². The van der Waals surface area contributed by atoms with Crippen molar-refractivity contribution in [1.82, 2.24) is 19.5 Å². The smallest absolute Gasteiger partial charge is 0.433 e. The maximum absolute atomic E-state index is 13.0. The second-order valence-electron chi connectivity index (χ2n) is 9.61. The highest BCUT2D eigenvalue weighted by Crippen LogP contribution is 2.38. The van der Waals surface area contributed by atoms with Gasteiger partial charge in [-0.15, -0.1) is 0 Å². The molecule has 0 radical (unpaired) electrons. The van der Waals surface area contributed by atoms with Crippen molar-refractivity contribution < 1.29 is 27.8 Å². The summed E-state index contributed by atoms with van der Waals surface area (Å²) in [6, 6.07) is 15.0.